The Bertz CT molecular complexity index is 3950. The maximum atomic E-state index is 9.53. The van der Waals surface area contributed by atoms with Crippen molar-refractivity contribution >= 4 is 98.1 Å². The third-order valence-corrected chi connectivity index (χ3v) is 35.4. The monoisotopic (exact) mass is 1200 g/mol. The van der Waals surface area contributed by atoms with E-state index in [1.165, 1.54) is 0 Å². The third kappa shape index (κ3) is 9.42. The maximum Gasteiger partial charge on any atom is 0.392 e. The molecule has 0 amide bonds. The summed E-state index contributed by atoms with van der Waals surface area (Å²) in [6.45, 7) is 0. The molecule has 88 heavy (non-hydrogen) atoms. The zero-order chi connectivity index (χ0) is 58.8. The fraction of sp³-hybridized carbons (Fsp3) is 0. The van der Waals surface area contributed by atoms with E-state index in [1.54, 1.807) is 0 Å². The number of hydrogen-bond donors (Lipinski definition) is 0. The second-order valence-electron chi connectivity index (χ2n) is 22.3. The second-order valence-corrected chi connectivity index (χ2v) is 34.8. The van der Waals surface area contributed by atoms with Crippen LogP contribution in [0, 0.1) is 0 Å². The highest BCUT2D eigenvalue weighted by Gasteiger charge is 2.73. The van der Waals surface area contributed by atoms with Crippen LogP contribution in [0.4, 0.5) is 0 Å². The van der Waals surface area contributed by atoms with Gasteiger partial charge in [-0.3, -0.25) is 0 Å². The summed E-state index contributed by atoms with van der Waals surface area (Å²) in [6, 6.07) is 130. The molecule has 15 rings (SSSR count). The van der Waals surface area contributed by atoms with Crippen LogP contribution in [0.2, 0.25) is 0 Å². The lowest BCUT2D eigenvalue weighted by atomic mass is 9.89. The summed E-state index contributed by atoms with van der Waals surface area (Å²) in [4.78, 5) is 0. The van der Waals surface area contributed by atoms with Gasteiger partial charge in [0.2, 0.25) is 0 Å². The van der Waals surface area contributed by atoms with Gasteiger partial charge in [0.15, 0.2) is 0 Å². The first kappa shape index (κ1) is 54.9. The molecule has 0 aliphatic carbocycles. The summed E-state index contributed by atoms with van der Waals surface area (Å²) < 4.78 is 38.1. The van der Waals surface area contributed by atoms with Gasteiger partial charge in [-0.1, -0.05) is 364 Å². The van der Waals surface area contributed by atoms with Gasteiger partial charge < -0.3 is 16.5 Å². The molecule has 8 heteroatoms. The first-order chi connectivity index (χ1) is 43.6. The van der Waals surface area contributed by atoms with Crippen LogP contribution in [0.5, 0.6) is 0 Å². The van der Waals surface area contributed by atoms with Crippen LogP contribution >= 0.6 is 0 Å². The van der Waals surface area contributed by atoms with Gasteiger partial charge in [0, 0.05) is 20.8 Å². The van der Waals surface area contributed by atoms with E-state index in [0.29, 0.717) is 0 Å². The van der Waals surface area contributed by atoms with Gasteiger partial charge >= 0.3 is 34.2 Å². The topological polar surface area (TPSA) is 36.9 Å². The van der Waals surface area contributed by atoms with Crippen molar-refractivity contribution < 1.29 is 16.5 Å². The Morgan fingerprint density at radius 2 is 0.273 bits per heavy atom. The molecule has 3 aliphatic heterocycles. The van der Waals surface area contributed by atoms with E-state index < -0.39 is 34.2 Å². The van der Waals surface area contributed by atoms with Crippen LogP contribution in [-0.4, -0.2) is 34.2 Å². The van der Waals surface area contributed by atoms with Gasteiger partial charge in [-0.25, -0.2) is 0 Å². The Balaban J connectivity index is 1.22. The highest BCUT2D eigenvalue weighted by atomic mass is 28.5. The van der Waals surface area contributed by atoms with Crippen molar-refractivity contribution in [2.24, 2.45) is 0 Å². The lowest BCUT2D eigenvalue weighted by Crippen LogP contribution is -2.81. The quantitative estimate of drug-likeness (QED) is 0.114. The number of allylic oxidation sites excluding steroid dienone is 4. The highest BCUT2D eigenvalue weighted by Crippen LogP contribution is 2.62. The number of benzene rings is 12. The SMILES string of the molecule is c1ccc(C2=C(c3ccccc3)[Si]3(O[Si](c4ccccc4)(c4ccccc4)O[Si]4(O[Si](c5ccccc5)(c5ccccc5)O3)C(c3ccccc3)=C(c3ccccc3)C(c3ccccc3)=C4c3ccccc3)C(c3ccccc3)=C2c2ccccc2)cc1. The molecule has 0 bridgehead atoms. The number of rotatable bonds is 12. The van der Waals surface area contributed by atoms with E-state index in [2.05, 4.69) is 364 Å². The van der Waals surface area contributed by atoms with E-state index >= 15 is 0 Å². The van der Waals surface area contributed by atoms with Crippen LogP contribution in [0.25, 0.3) is 43.1 Å². The lowest BCUT2D eigenvalue weighted by Gasteiger charge is -2.54. The van der Waals surface area contributed by atoms with E-state index in [0.717, 1.165) is 108 Å². The fourth-order valence-corrected chi connectivity index (χ4v) is 37.4. The van der Waals surface area contributed by atoms with Crippen LogP contribution in [0.1, 0.15) is 44.5 Å². The van der Waals surface area contributed by atoms with Gasteiger partial charge in [-0.05, 0) is 87.5 Å². The van der Waals surface area contributed by atoms with E-state index in [9.17, 15) is 16.5 Å². The van der Waals surface area contributed by atoms with Gasteiger partial charge in [-0.2, -0.15) is 0 Å². The summed E-state index contributed by atoms with van der Waals surface area (Å²) in [5.74, 6) is 0. The van der Waals surface area contributed by atoms with Crippen LogP contribution in [-0.2, 0) is 16.5 Å². The predicted molar refractivity (Wildman–Crippen MR) is 370 cm³/mol. The van der Waals surface area contributed by atoms with Crippen LogP contribution in [0.15, 0.2) is 364 Å². The minimum absolute atomic E-state index is 0.921. The summed E-state index contributed by atoms with van der Waals surface area (Å²) in [5.41, 5.74) is 12.3. The van der Waals surface area contributed by atoms with E-state index in [-0.39, 0.29) is 0 Å². The molecule has 0 atom stereocenters. The van der Waals surface area contributed by atoms with Crippen molar-refractivity contribution in [3.05, 3.63) is 408 Å². The lowest BCUT2D eigenvalue weighted by molar-refractivity contribution is 0.271. The normalized spacial score (nSPS) is 16.6. The summed E-state index contributed by atoms with van der Waals surface area (Å²) in [6.07, 6.45) is 0. The van der Waals surface area contributed by atoms with Crippen molar-refractivity contribution in [1.29, 1.82) is 0 Å². The molecule has 0 unspecified atom stereocenters. The van der Waals surface area contributed by atoms with Crippen molar-refractivity contribution in [2.45, 2.75) is 0 Å². The molecule has 1 saturated heterocycles. The molecule has 2 spiro atoms. The van der Waals surface area contributed by atoms with Gasteiger partial charge in [-0.15, -0.1) is 0 Å². The molecule has 12 aromatic carbocycles. The fourth-order valence-electron chi connectivity index (χ4n) is 13.5. The molecule has 4 nitrogen and oxygen atoms in total. The summed E-state index contributed by atoms with van der Waals surface area (Å²) in [5, 5.41) is 7.60. The van der Waals surface area contributed by atoms with Crippen molar-refractivity contribution in [2.75, 3.05) is 0 Å². The molecule has 0 radical (unpaired) electrons. The third-order valence-electron chi connectivity index (χ3n) is 17.1. The Kier molecular flexibility index (Phi) is 14.7. The molecule has 0 aromatic heterocycles. The average molecular weight is 1200 g/mol. The van der Waals surface area contributed by atoms with Gasteiger partial charge in [0.25, 0.3) is 0 Å². The van der Waals surface area contributed by atoms with Crippen molar-refractivity contribution in [1.82, 2.24) is 0 Å². The first-order valence-electron chi connectivity index (χ1n) is 30.1. The molecule has 3 heterocycles. The van der Waals surface area contributed by atoms with Gasteiger partial charge in [0.1, 0.15) is 0 Å². The van der Waals surface area contributed by atoms with Crippen LogP contribution in [0.3, 0.4) is 0 Å². The van der Waals surface area contributed by atoms with Crippen LogP contribution < -0.4 is 20.7 Å². The zero-order valence-electron chi connectivity index (χ0n) is 48.3. The van der Waals surface area contributed by atoms with Gasteiger partial charge in [0.05, 0.1) is 0 Å². The smallest absolute Gasteiger partial charge is 0.392 e. The molecule has 0 saturated carbocycles. The summed E-state index contributed by atoms with van der Waals surface area (Å²) >= 11 is 0. The minimum Gasteiger partial charge on any atom is -0.402 e. The van der Waals surface area contributed by atoms with E-state index in [1.807, 2.05) is 0 Å². The average Bonchev–Trinajstić information content (AvgIpc) is 1.47. The van der Waals surface area contributed by atoms with Crippen molar-refractivity contribution in [3.63, 3.8) is 0 Å². The molecular formula is C80H60O4Si4. The Morgan fingerprint density at radius 3 is 0.432 bits per heavy atom. The molecular weight excluding hydrogens is 1140 g/mol. The molecule has 420 valence electrons. The van der Waals surface area contributed by atoms with Crippen molar-refractivity contribution in [3.8, 4) is 0 Å². The predicted octanol–water partition coefficient (Wildman–Crippen LogP) is 16.1. The largest absolute Gasteiger partial charge is 0.402 e. The zero-order valence-corrected chi connectivity index (χ0v) is 52.3. The Morgan fingerprint density at radius 1 is 0.136 bits per heavy atom. The molecule has 1 fully saturated rings. The standard InChI is InChI=1S/C80H60O4Si4/c1-13-37-61(38-14-1)73-74(62-39-15-2-16-40-62)78(66-47-23-6-24-48-66)87(77(73)65-45-21-5-22-46-65)81-85(69-53-29-9-30-54-69,70-55-31-10-32-56-70)83-88(84-86(82-87,71-57-33-11-34-58-71)72-59-35-12-36-60-72)79(67-49-25-7-26-50-67)75(63-41-17-3-18-42-63)76(64-43-19-4-20-44-64)80(88)68-51-27-8-28-52-68/h1-60H. The second kappa shape index (κ2) is 23.5. The van der Waals surface area contributed by atoms with E-state index in [4.69, 9.17) is 0 Å². The Hall–Kier alpha value is -9.69. The minimum atomic E-state index is -4.65. The molecule has 3 aliphatic rings. The highest BCUT2D eigenvalue weighted by molar-refractivity contribution is 7.23. The molecule has 0 N–H and O–H groups in total. The maximum absolute atomic E-state index is 9.53. The summed E-state index contributed by atoms with van der Waals surface area (Å²) in [7, 11) is -18.3. The Labute approximate surface area is 519 Å². The first-order valence-corrected chi connectivity index (χ1v) is 37.3. The molecule has 12 aromatic rings. The number of hydrogen-bond acceptors (Lipinski definition) is 4.